The zero-order valence-electron chi connectivity index (χ0n) is 10.2. The molecule has 7 heteroatoms. The first-order valence-electron chi connectivity index (χ1n) is 5.49. The van der Waals surface area contributed by atoms with Crippen LogP contribution in [0, 0.1) is 12.7 Å². The Balaban J connectivity index is 2.36. The van der Waals surface area contributed by atoms with Crippen molar-refractivity contribution in [2.45, 2.75) is 17.7 Å². The van der Waals surface area contributed by atoms with Crippen LogP contribution in [-0.2, 0) is 16.6 Å². The van der Waals surface area contributed by atoms with Crippen LogP contribution in [0.1, 0.15) is 11.1 Å². The number of halogens is 1. The number of nitrogens with one attached hydrogen (secondary N) is 1. The minimum absolute atomic E-state index is 0.0230. The molecular weight excluding hydrogens is 287 g/mol. The van der Waals surface area contributed by atoms with E-state index in [0.29, 0.717) is 5.56 Å². The molecule has 102 valence electrons. The molecule has 0 fully saturated rings. The number of nitrogens with two attached hydrogens (primary N) is 1. The molecule has 19 heavy (non-hydrogen) atoms. The van der Waals surface area contributed by atoms with Crippen molar-refractivity contribution in [1.82, 2.24) is 0 Å². The molecule has 0 bridgehead atoms. The summed E-state index contributed by atoms with van der Waals surface area (Å²) < 4.78 is 40.3. The van der Waals surface area contributed by atoms with Gasteiger partial charge in [-0.15, -0.1) is 11.3 Å². The molecule has 0 aliphatic carbocycles. The van der Waals surface area contributed by atoms with Crippen molar-refractivity contribution >= 4 is 27.0 Å². The summed E-state index contributed by atoms with van der Waals surface area (Å²) in [5.41, 5.74) is 6.67. The van der Waals surface area contributed by atoms with Gasteiger partial charge in [-0.2, -0.15) is 0 Å². The van der Waals surface area contributed by atoms with Gasteiger partial charge in [-0.3, -0.25) is 4.72 Å². The first-order valence-corrected chi connectivity index (χ1v) is 7.86. The third kappa shape index (κ3) is 2.94. The van der Waals surface area contributed by atoms with Gasteiger partial charge in [0, 0.05) is 6.54 Å². The van der Waals surface area contributed by atoms with Crippen LogP contribution in [0.4, 0.5) is 10.1 Å². The Hall–Kier alpha value is -1.44. The van der Waals surface area contributed by atoms with Gasteiger partial charge in [0.2, 0.25) is 0 Å². The Kier molecular flexibility index (Phi) is 3.88. The molecular formula is C12H13FN2O2S2. The summed E-state index contributed by atoms with van der Waals surface area (Å²) in [7, 11) is -3.77. The highest BCUT2D eigenvalue weighted by atomic mass is 32.2. The van der Waals surface area contributed by atoms with E-state index in [4.69, 9.17) is 5.73 Å². The van der Waals surface area contributed by atoms with Crippen molar-refractivity contribution in [3.8, 4) is 0 Å². The standard InChI is InChI=1S/C12H13FN2O2S2/c1-8-3-2-4-10(13)12(8)15-19(16,17)11-5-9(6-14)7-18-11/h2-5,7,15H,6,14H2,1H3. The number of rotatable bonds is 4. The first-order chi connectivity index (χ1) is 8.94. The number of sulfonamides is 1. The van der Waals surface area contributed by atoms with E-state index in [2.05, 4.69) is 4.72 Å². The van der Waals surface area contributed by atoms with Crippen molar-refractivity contribution in [3.05, 3.63) is 46.6 Å². The molecule has 0 saturated heterocycles. The van der Waals surface area contributed by atoms with E-state index in [-0.39, 0.29) is 16.4 Å². The lowest BCUT2D eigenvalue weighted by molar-refractivity contribution is 0.600. The Bertz CT molecular complexity index is 675. The summed E-state index contributed by atoms with van der Waals surface area (Å²) in [5.74, 6) is -0.598. The van der Waals surface area contributed by atoms with Crippen LogP contribution >= 0.6 is 11.3 Å². The van der Waals surface area contributed by atoms with Crippen LogP contribution in [-0.4, -0.2) is 8.42 Å². The van der Waals surface area contributed by atoms with Crippen molar-refractivity contribution in [2.24, 2.45) is 5.73 Å². The molecule has 2 aromatic rings. The van der Waals surface area contributed by atoms with Crippen LogP contribution in [0.15, 0.2) is 33.9 Å². The van der Waals surface area contributed by atoms with Gasteiger partial charge in [-0.25, -0.2) is 12.8 Å². The number of anilines is 1. The molecule has 0 aliphatic heterocycles. The number of hydrogen-bond acceptors (Lipinski definition) is 4. The van der Waals surface area contributed by atoms with E-state index >= 15 is 0 Å². The van der Waals surface area contributed by atoms with Crippen molar-refractivity contribution < 1.29 is 12.8 Å². The third-order valence-corrected chi connectivity index (χ3v) is 5.43. The number of thiophene rings is 1. The summed E-state index contributed by atoms with van der Waals surface area (Å²) in [4.78, 5) is 0. The Labute approximate surface area is 115 Å². The number of aryl methyl sites for hydroxylation is 1. The van der Waals surface area contributed by atoms with Gasteiger partial charge in [0.15, 0.2) is 0 Å². The van der Waals surface area contributed by atoms with Gasteiger partial charge in [0.25, 0.3) is 10.0 Å². The molecule has 0 unspecified atom stereocenters. The topological polar surface area (TPSA) is 72.2 Å². The average Bonchev–Trinajstić information content (AvgIpc) is 2.83. The van der Waals surface area contributed by atoms with Gasteiger partial charge < -0.3 is 5.73 Å². The summed E-state index contributed by atoms with van der Waals surface area (Å²) in [6, 6.07) is 5.87. The number of hydrogen-bond donors (Lipinski definition) is 2. The zero-order chi connectivity index (χ0) is 14.0. The fourth-order valence-electron chi connectivity index (χ4n) is 1.55. The van der Waals surface area contributed by atoms with E-state index < -0.39 is 15.8 Å². The highest BCUT2D eigenvalue weighted by molar-refractivity contribution is 7.94. The molecule has 3 N–H and O–H groups in total. The molecule has 2 rings (SSSR count). The number of para-hydroxylation sites is 1. The van der Waals surface area contributed by atoms with Gasteiger partial charge in [0.05, 0.1) is 5.69 Å². The predicted octanol–water partition coefficient (Wildman–Crippen LogP) is 2.46. The molecule has 0 radical (unpaired) electrons. The lowest BCUT2D eigenvalue weighted by Gasteiger charge is -2.09. The Morgan fingerprint density at radius 3 is 2.74 bits per heavy atom. The van der Waals surface area contributed by atoms with Crippen LogP contribution in [0.5, 0.6) is 0 Å². The van der Waals surface area contributed by atoms with Crippen LogP contribution in [0.25, 0.3) is 0 Å². The second kappa shape index (κ2) is 5.28. The molecule has 1 aromatic carbocycles. The highest BCUT2D eigenvalue weighted by Crippen LogP contribution is 2.26. The second-order valence-electron chi connectivity index (χ2n) is 4.02. The first kappa shape index (κ1) is 14.0. The smallest absolute Gasteiger partial charge is 0.271 e. The minimum Gasteiger partial charge on any atom is -0.326 e. The molecule has 4 nitrogen and oxygen atoms in total. The van der Waals surface area contributed by atoms with Crippen LogP contribution < -0.4 is 10.5 Å². The van der Waals surface area contributed by atoms with Gasteiger partial charge in [0.1, 0.15) is 10.0 Å². The summed E-state index contributed by atoms with van der Waals surface area (Å²) in [6.45, 7) is 1.91. The van der Waals surface area contributed by atoms with Crippen molar-refractivity contribution in [1.29, 1.82) is 0 Å². The zero-order valence-corrected chi connectivity index (χ0v) is 11.8. The maximum Gasteiger partial charge on any atom is 0.271 e. The van der Waals surface area contributed by atoms with E-state index in [1.807, 2.05) is 0 Å². The maximum atomic E-state index is 13.6. The summed E-state index contributed by atoms with van der Waals surface area (Å²) >= 11 is 1.06. The maximum absolute atomic E-state index is 13.6. The van der Waals surface area contributed by atoms with Crippen LogP contribution in [0.3, 0.4) is 0 Å². The predicted molar refractivity (Wildman–Crippen MR) is 74.2 cm³/mol. The second-order valence-corrected chi connectivity index (χ2v) is 6.84. The summed E-state index contributed by atoms with van der Waals surface area (Å²) in [6.07, 6.45) is 0. The highest BCUT2D eigenvalue weighted by Gasteiger charge is 2.19. The number of benzene rings is 1. The third-order valence-electron chi connectivity index (χ3n) is 2.59. The van der Waals surface area contributed by atoms with E-state index in [1.54, 1.807) is 18.4 Å². The quantitative estimate of drug-likeness (QED) is 0.911. The minimum atomic E-state index is -3.77. The lowest BCUT2D eigenvalue weighted by atomic mass is 10.2. The fraction of sp³-hybridized carbons (Fsp3) is 0.167. The molecule has 0 saturated carbocycles. The van der Waals surface area contributed by atoms with E-state index in [1.165, 1.54) is 18.2 Å². The monoisotopic (exact) mass is 300 g/mol. The molecule has 1 heterocycles. The summed E-state index contributed by atoms with van der Waals surface area (Å²) in [5, 5.41) is 1.67. The van der Waals surface area contributed by atoms with Crippen molar-refractivity contribution in [2.75, 3.05) is 4.72 Å². The van der Waals surface area contributed by atoms with Gasteiger partial charge >= 0.3 is 0 Å². The van der Waals surface area contributed by atoms with Crippen LogP contribution in [0.2, 0.25) is 0 Å². The SMILES string of the molecule is Cc1cccc(F)c1NS(=O)(=O)c1cc(CN)cs1. The molecule has 1 aromatic heterocycles. The fourth-order valence-corrected chi connectivity index (χ4v) is 3.91. The van der Waals surface area contributed by atoms with Crippen molar-refractivity contribution in [3.63, 3.8) is 0 Å². The van der Waals surface area contributed by atoms with E-state index in [0.717, 1.165) is 16.9 Å². The van der Waals surface area contributed by atoms with E-state index in [9.17, 15) is 12.8 Å². The molecule has 0 atom stereocenters. The average molecular weight is 300 g/mol. The normalized spacial score (nSPS) is 11.5. The lowest BCUT2D eigenvalue weighted by Crippen LogP contribution is -2.13. The molecule has 0 amide bonds. The largest absolute Gasteiger partial charge is 0.326 e. The van der Waals surface area contributed by atoms with Gasteiger partial charge in [-0.1, -0.05) is 12.1 Å². The molecule has 0 spiro atoms. The Morgan fingerprint density at radius 1 is 1.42 bits per heavy atom. The Morgan fingerprint density at radius 2 is 2.16 bits per heavy atom. The molecule has 0 aliphatic rings. The van der Waals surface area contributed by atoms with Gasteiger partial charge in [-0.05, 0) is 35.6 Å².